The molecule has 0 N–H and O–H groups in total. The third kappa shape index (κ3) is 5.98. The fourth-order valence-electron chi connectivity index (χ4n) is 4.52. The molecule has 1 saturated heterocycles. The molecule has 0 unspecified atom stereocenters. The molecule has 0 bridgehead atoms. The number of rotatable bonds is 6. The van der Waals surface area contributed by atoms with E-state index in [9.17, 15) is 19.2 Å². The van der Waals surface area contributed by atoms with Crippen LogP contribution in [0.3, 0.4) is 0 Å². The van der Waals surface area contributed by atoms with Crippen LogP contribution in [0.25, 0.3) is 0 Å². The van der Waals surface area contributed by atoms with E-state index in [-0.39, 0.29) is 11.1 Å². The van der Waals surface area contributed by atoms with Gasteiger partial charge in [-0.2, -0.15) is 0 Å². The molecule has 6 atom stereocenters. The number of esters is 4. The minimum Gasteiger partial charge on any atom is -0.456 e. The van der Waals surface area contributed by atoms with Crippen LogP contribution in [-0.4, -0.2) is 66.3 Å². The average molecular weight is 513 g/mol. The van der Waals surface area contributed by atoms with Gasteiger partial charge in [0.15, 0.2) is 30.2 Å². The maximum absolute atomic E-state index is 13.1. The Kier molecular flexibility index (Phi) is 7.60. The first-order valence-electron chi connectivity index (χ1n) is 11.8. The quantitative estimate of drug-likeness (QED) is 0.422. The van der Waals surface area contributed by atoms with Gasteiger partial charge < -0.3 is 28.4 Å². The second-order valence-electron chi connectivity index (χ2n) is 9.18. The highest BCUT2D eigenvalue weighted by atomic mass is 16.8. The van der Waals surface area contributed by atoms with Crippen molar-refractivity contribution < 1.29 is 47.6 Å². The van der Waals surface area contributed by atoms with Crippen LogP contribution in [0.15, 0.2) is 60.7 Å². The van der Waals surface area contributed by atoms with Crippen molar-refractivity contribution in [2.75, 3.05) is 0 Å². The highest BCUT2D eigenvalue weighted by Gasteiger charge is 2.63. The Hall–Kier alpha value is -3.76. The van der Waals surface area contributed by atoms with Crippen molar-refractivity contribution in [2.24, 2.45) is 0 Å². The van der Waals surface area contributed by atoms with Crippen LogP contribution < -0.4 is 0 Å². The Morgan fingerprint density at radius 2 is 0.946 bits per heavy atom. The second-order valence-corrected chi connectivity index (χ2v) is 9.18. The van der Waals surface area contributed by atoms with Gasteiger partial charge in [-0.15, -0.1) is 0 Å². The monoisotopic (exact) mass is 512 g/mol. The van der Waals surface area contributed by atoms with Gasteiger partial charge >= 0.3 is 23.9 Å². The summed E-state index contributed by atoms with van der Waals surface area (Å²) < 4.78 is 34.8. The number of hydrogen-bond donors (Lipinski definition) is 0. The van der Waals surface area contributed by atoms with Gasteiger partial charge in [-0.3, -0.25) is 9.59 Å². The molecule has 1 saturated carbocycles. The summed E-state index contributed by atoms with van der Waals surface area (Å²) in [4.78, 5) is 50.4. The molecule has 0 radical (unpaired) electrons. The molecule has 1 heterocycles. The standard InChI is InChI=1S/C27H28O10/c1-15(28)32-19-20(34-25(30)17-11-7-5-8-12-17)22(35-26(31)18-13-9-6-10-14-18)24-23(21(19)33-16(2)29)36-27(3,4)37-24/h5-14,19-24H,1-4H3/t19-,20-,21+,22+,23-,24+/m1/s1. The smallest absolute Gasteiger partial charge is 0.338 e. The largest absolute Gasteiger partial charge is 0.456 e. The molecule has 1 aliphatic carbocycles. The molecule has 10 nitrogen and oxygen atoms in total. The topological polar surface area (TPSA) is 124 Å². The summed E-state index contributed by atoms with van der Waals surface area (Å²) in [5.74, 6) is -4.06. The van der Waals surface area contributed by atoms with Crippen LogP contribution in [-0.2, 0) is 38.0 Å². The van der Waals surface area contributed by atoms with Crippen molar-refractivity contribution >= 4 is 23.9 Å². The maximum Gasteiger partial charge on any atom is 0.338 e. The van der Waals surface area contributed by atoms with Crippen molar-refractivity contribution in [1.29, 1.82) is 0 Å². The summed E-state index contributed by atoms with van der Waals surface area (Å²) >= 11 is 0. The van der Waals surface area contributed by atoms with Gasteiger partial charge in [-0.1, -0.05) is 36.4 Å². The molecule has 37 heavy (non-hydrogen) atoms. The molecule has 0 spiro atoms. The van der Waals surface area contributed by atoms with Crippen LogP contribution in [0.4, 0.5) is 0 Å². The lowest BCUT2D eigenvalue weighted by Gasteiger charge is -2.44. The van der Waals surface area contributed by atoms with Gasteiger partial charge in [0.05, 0.1) is 11.1 Å². The van der Waals surface area contributed by atoms with Gasteiger partial charge in [0.2, 0.25) is 0 Å². The fraction of sp³-hybridized carbons (Fsp3) is 0.407. The van der Waals surface area contributed by atoms with Gasteiger partial charge in [0.25, 0.3) is 0 Å². The molecule has 1 aliphatic heterocycles. The van der Waals surface area contributed by atoms with E-state index in [4.69, 9.17) is 28.4 Å². The Morgan fingerprint density at radius 1 is 0.595 bits per heavy atom. The predicted octanol–water partition coefficient (Wildman–Crippen LogP) is 2.83. The van der Waals surface area contributed by atoms with Crippen LogP contribution in [0.5, 0.6) is 0 Å². The van der Waals surface area contributed by atoms with Crippen molar-refractivity contribution in [2.45, 2.75) is 70.1 Å². The molecular weight excluding hydrogens is 484 g/mol. The van der Waals surface area contributed by atoms with Crippen LogP contribution in [0.2, 0.25) is 0 Å². The highest BCUT2D eigenvalue weighted by molar-refractivity contribution is 5.90. The zero-order chi connectivity index (χ0) is 26.7. The number of carbonyl (C=O) groups excluding carboxylic acids is 4. The first-order chi connectivity index (χ1) is 17.6. The van der Waals surface area contributed by atoms with E-state index in [1.54, 1.807) is 74.5 Å². The van der Waals surface area contributed by atoms with Crippen LogP contribution in [0.1, 0.15) is 48.4 Å². The van der Waals surface area contributed by atoms with E-state index in [2.05, 4.69) is 0 Å². The number of ether oxygens (including phenoxy) is 6. The van der Waals surface area contributed by atoms with Crippen LogP contribution in [0, 0.1) is 0 Å². The highest BCUT2D eigenvalue weighted by Crippen LogP contribution is 2.42. The maximum atomic E-state index is 13.1. The van der Waals surface area contributed by atoms with Crippen LogP contribution >= 0.6 is 0 Å². The first-order valence-corrected chi connectivity index (χ1v) is 11.8. The van der Waals surface area contributed by atoms with E-state index >= 15 is 0 Å². The molecule has 2 aromatic rings. The zero-order valence-electron chi connectivity index (χ0n) is 20.8. The van der Waals surface area contributed by atoms with E-state index in [1.807, 2.05) is 0 Å². The number of benzene rings is 2. The van der Waals surface area contributed by atoms with E-state index in [0.29, 0.717) is 0 Å². The molecule has 196 valence electrons. The SMILES string of the molecule is CC(=O)O[C@H]1[C@H](OC(C)=O)[C@H]2OC(C)(C)O[C@H]2[C@@H](OC(=O)c2ccccc2)[C@@H]1OC(=O)c1ccccc1. The Labute approximate surface area is 213 Å². The number of hydrogen-bond acceptors (Lipinski definition) is 10. The van der Waals surface area contributed by atoms with Crippen molar-refractivity contribution in [1.82, 2.24) is 0 Å². The summed E-state index contributed by atoms with van der Waals surface area (Å²) in [5, 5.41) is 0. The Morgan fingerprint density at radius 3 is 1.38 bits per heavy atom. The first kappa shape index (κ1) is 26.3. The van der Waals surface area contributed by atoms with E-state index in [1.165, 1.54) is 6.92 Å². The molecular formula is C27H28O10. The third-order valence-corrected chi connectivity index (χ3v) is 5.89. The lowest BCUT2D eigenvalue weighted by molar-refractivity contribution is -0.220. The van der Waals surface area contributed by atoms with Gasteiger partial charge in [0, 0.05) is 13.8 Å². The van der Waals surface area contributed by atoms with Gasteiger partial charge in [-0.05, 0) is 38.1 Å². The second kappa shape index (κ2) is 10.7. The van der Waals surface area contributed by atoms with Crippen molar-refractivity contribution in [3.63, 3.8) is 0 Å². The normalized spacial score (nSPS) is 27.9. The van der Waals surface area contributed by atoms with E-state index < -0.39 is 66.3 Å². The molecule has 2 aromatic carbocycles. The minimum absolute atomic E-state index is 0.215. The molecule has 0 aromatic heterocycles. The number of fused-ring (bicyclic) bond motifs is 1. The summed E-state index contributed by atoms with van der Waals surface area (Å²) in [5.41, 5.74) is 0.462. The fourth-order valence-corrected chi connectivity index (χ4v) is 4.52. The summed E-state index contributed by atoms with van der Waals surface area (Å²) in [7, 11) is 0. The van der Waals surface area contributed by atoms with Gasteiger partial charge in [0.1, 0.15) is 12.2 Å². The molecule has 4 rings (SSSR count). The molecule has 2 aliphatic rings. The molecule has 2 fully saturated rings. The van der Waals surface area contributed by atoms with Crippen molar-refractivity contribution in [3.8, 4) is 0 Å². The summed E-state index contributed by atoms with van der Waals surface area (Å²) in [6, 6.07) is 16.3. The lowest BCUT2D eigenvalue weighted by Crippen LogP contribution is -2.66. The summed E-state index contributed by atoms with van der Waals surface area (Å²) in [6.07, 6.45) is -7.26. The Bertz CT molecular complexity index is 1150. The minimum atomic E-state index is -1.40. The van der Waals surface area contributed by atoms with Gasteiger partial charge in [-0.25, -0.2) is 9.59 Å². The third-order valence-electron chi connectivity index (χ3n) is 5.89. The van der Waals surface area contributed by atoms with E-state index in [0.717, 1.165) is 6.92 Å². The lowest BCUT2D eigenvalue weighted by atomic mass is 9.84. The Balaban J connectivity index is 1.77. The summed E-state index contributed by atoms with van der Waals surface area (Å²) in [6.45, 7) is 5.62. The molecule has 10 heteroatoms. The zero-order valence-corrected chi connectivity index (χ0v) is 20.8. The average Bonchev–Trinajstić information content (AvgIpc) is 3.18. The predicted molar refractivity (Wildman–Crippen MR) is 126 cm³/mol. The van der Waals surface area contributed by atoms with Crippen molar-refractivity contribution in [3.05, 3.63) is 71.8 Å². The molecule has 0 amide bonds. The number of carbonyl (C=O) groups is 4.